The van der Waals surface area contributed by atoms with E-state index in [1.54, 1.807) is 0 Å². The normalized spacial score (nSPS) is 14.2. The maximum Gasteiger partial charge on any atom is 0.424 e. The van der Waals surface area contributed by atoms with Gasteiger partial charge in [0.2, 0.25) is 5.60 Å². The van der Waals surface area contributed by atoms with E-state index in [1.165, 1.54) is 25.4 Å². The maximum absolute atomic E-state index is 13.2. The number of carbonyl (C=O) groups is 1. The second kappa shape index (κ2) is 6.48. The molecule has 0 aliphatic carbocycles. The molecule has 0 bridgehead atoms. The molecule has 2 rings (SSSR count). The number of halogens is 3. The van der Waals surface area contributed by atoms with Crippen LogP contribution in [-0.4, -0.2) is 33.7 Å². The van der Waals surface area contributed by atoms with Crippen molar-refractivity contribution in [2.45, 2.75) is 25.1 Å². The standard InChI is InChI=1S/C14H15F3N4O3/c1-8-2-3-9(24-8)13(23,14(15,16)17)4-5-21-12(22)10-11(18)20-7-6-19-10/h2-3,6-7,23H,4-5H2,1H3,(H2,18,20)(H,21,22)/t13-/m1/s1. The number of hydrogen-bond donors (Lipinski definition) is 3. The summed E-state index contributed by atoms with van der Waals surface area (Å²) in [5, 5.41) is 12.3. The summed E-state index contributed by atoms with van der Waals surface area (Å²) in [6, 6.07) is 2.36. The summed E-state index contributed by atoms with van der Waals surface area (Å²) < 4.78 is 44.6. The first-order valence-electron chi connectivity index (χ1n) is 6.86. The maximum atomic E-state index is 13.2. The van der Waals surface area contributed by atoms with Crippen molar-refractivity contribution in [3.8, 4) is 0 Å². The van der Waals surface area contributed by atoms with Gasteiger partial charge in [0.05, 0.1) is 0 Å². The molecule has 130 valence electrons. The number of nitrogens with zero attached hydrogens (tertiary/aromatic N) is 2. The van der Waals surface area contributed by atoms with Crippen LogP contribution in [0.5, 0.6) is 0 Å². The first kappa shape index (κ1) is 17.7. The van der Waals surface area contributed by atoms with E-state index in [0.29, 0.717) is 0 Å². The van der Waals surface area contributed by atoms with Crippen molar-refractivity contribution in [1.82, 2.24) is 15.3 Å². The Morgan fingerprint density at radius 2 is 2.00 bits per heavy atom. The van der Waals surface area contributed by atoms with Gasteiger partial charge in [0, 0.05) is 25.4 Å². The second-order valence-electron chi connectivity index (χ2n) is 5.06. The van der Waals surface area contributed by atoms with Gasteiger partial charge in [-0.1, -0.05) is 0 Å². The van der Waals surface area contributed by atoms with E-state index in [2.05, 4.69) is 15.3 Å². The minimum Gasteiger partial charge on any atom is -0.463 e. The third-order valence-corrected chi connectivity index (χ3v) is 3.33. The number of aromatic nitrogens is 2. The largest absolute Gasteiger partial charge is 0.463 e. The highest BCUT2D eigenvalue weighted by Gasteiger charge is 2.56. The van der Waals surface area contributed by atoms with Gasteiger partial charge in [0.1, 0.15) is 11.5 Å². The van der Waals surface area contributed by atoms with E-state index in [4.69, 9.17) is 10.2 Å². The Kier molecular flexibility index (Phi) is 4.78. The number of aryl methyl sites for hydroxylation is 1. The lowest BCUT2D eigenvalue weighted by Gasteiger charge is -2.28. The van der Waals surface area contributed by atoms with Crippen LogP contribution in [0.2, 0.25) is 0 Å². The number of nitrogens with one attached hydrogen (secondary N) is 1. The molecule has 2 aromatic heterocycles. The van der Waals surface area contributed by atoms with Crippen LogP contribution in [0.4, 0.5) is 19.0 Å². The van der Waals surface area contributed by atoms with Crippen molar-refractivity contribution >= 4 is 11.7 Å². The van der Waals surface area contributed by atoms with Crippen LogP contribution in [0.1, 0.15) is 28.4 Å². The number of alkyl halides is 3. The van der Waals surface area contributed by atoms with Gasteiger partial charge in [-0.2, -0.15) is 13.2 Å². The fraction of sp³-hybridized carbons (Fsp3) is 0.357. The van der Waals surface area contributed by atoms with E-state index in [1.807, 2.05) is 0 Å². The molecule has 2 heterocycles. The predicted octanol–water partition coefficient (Wildman–Crippen LogP) is 1.53. The van der Waals surface area contributed by atoms with Gasteiger partial charge < -0.3 is 20.6 Å². The van der Waals surface area contributed by atoms with Crippen LogP contribution in [0.15, 0.2) is 28.9 Å². The van der Waals surface area contributed by atoms with Crippen LogP contribution in [0, 0.1) is 6.92 Å². The third kappa shape index (κ3) is 3.48. The molecule has 2 aromatic rings. The summed E-state index contributed by atoms with van der Waals surface area (Å²) in [5.41, 5.74) is 2.04. The molecule has 0 unspecified atom stereocenters. The number of rotatable bonds is 5. The molecule has 7 nitrogen and oxygen atoms in total. The number of amides is 1. The van der Waals surface area contributed by atoms with Crippen molar-refractivity contribution in [3.05, 3.63) is 41.7 Å². The second-order valence-corrected chi connectivity index (χ2v) is 5.06. The van der Waals surface area contributed by atoms with Gasteiger partial charge in [-0.05, 0) is 19.1 Å². The Bertz CT molecular complexity index is 732. The van der Waals surface area contributed by atoms with Crippen LogP contribution in [0.25, 0.3) is 0 Å². The molecule has 0 saturated heterocycles. The lowest BCUT2D eigenvalue weighted by molar-refractivity contribution is -0.274. The minimum absolute atomic E-state index is 0.150. The zero-order valence-corrected chi connectivity index (χ0v) is 12.6. The number of furan rings is 1. The number of hydrogen-bond acceptors (Lipinski definition) is 6. The van der Waals surface area contributed by atoms with Gasteiger partial charge in [-0.25, -0.2) is 9.97 Å². The lowest BCUT2D eigenvalue weighted by Crippen LogP contribution is -2.44. The first-order valence-corrected chi connectivity index (χ1v) is 6.86. The summed E-state index contributed by atoms with van der Waals surface area (Å²) in [6.45, 7) is 0.976. The average molecular weight is 344 g/mol. The molecule has 10 heteroatoms. The minimum atomic E-state index is -4.98. The fourth-order valence-electron chi connectivity index (χ4n) is 2.03. The average Bonchev–Trinajstić information content (AvgIpc) is 2.93. The summed E-state index contributed by atoms with van der Waals surface area (Å²) in [5.74, 6) is -1.35. The summed E-state index contributed by atoms with van der Waals surface area (Å²) in [4.78, 5) is 19.2. The predicted molar refractivity (Wildman–Crippen MR) is 76.8 cm³/mol. The molecule has 0 saturated carbocycles. The topological polar surface area (TPSA) is 114 Å². The van der Waals surface area contributed by atoms with Crippen molar-refractivity contribution in [3.63, 3.8) is 0 Å². The van der Waals surface area contributed by atoms with Crippen LogP contribution >= 0.6 is 0 Å². The van der Waals surface area contributed by atoms with E-state index >= 15 is 0 Å². The van der Waals surface area contributed by atoms with Gasteiger partial charge in [0.15, 0.2) is 11.5 Å². The SMILES string of the molecule is Cc1ccc([C@](O)(CCNC(=O)c2nccnc2N)C(F)(F)F)o1. The van der Waals surface area contributed by atoms with Crippen molar-refractivity contribution in [2.24, 2.45) is 0 Å². The fourth-order valence-corrected chi connectivity index (χ4v) is 2.03. The molecule has 1 atom stereocenters. The highest BCUT2D eigenvalue weighted by atomic mass is 19.4. The summed E-state index contributed by atoms with van der Waals surface area (Å²) in [7, 11) is 0. The van der Waals surface area contributed by atoms with E-state index in [0.717, 1.165) is 6.07 Å². The van der Waals surface area contributed by atoms with Gasteiger partial charge >= 0.3 is 6.18 Å². The van der Waals surface area contributed by atoms with Gasteiger partial charge in [-0.15, -0.1) is 0 Å². The molecule has 1 amide bonds. The van der Waals surface area contributed by atoms with Gasteiger partial charge in [0.25, 0.3) is 5.91 Å². The van der Waals surface area contributed by atoms with E-state index in [9.17, 15) is 23.1 Å². The molecule has 4 N–H and O–H groups in total. The zero-order valence-electron chi connectivity index (χ0n) is 12.6. The molecule has 0 spiro atoms. The molecule has 0 radical (unpaired) electrons. The molecule has 0 aliphatic rings. The first-order chi connectivity index (χ1) is 11.1. The lowest BCUT2D eigenvalue weighted by atomic mass is 9.95. The molecule has 0 aromatic carbocycles. The highest BCUT2D eigenvalue weighted by molar-refractivity contribution is 5.96. The Hall–Kier alpha value is -2.62. The van der Waals surface area contributed by atoms with E-state index in [-0.39, 0.29) is 17.3 Å². The number of nitrogens with two attached hydrogens (primary N) is 1. The van der Waals surface area contributed by atoms with Crippen molar-refractivity contribution in [2.75, 3.05) is 12.3 Å². The molecule has 0 fully saturated rings. The zero-order chi connectivity index (χ0) is 18.0. The number of nitrogen functional groups attached to an aromatic ring is 1. The molecular weight excluding hydrogens is 329 g/mol. The number of aliphatic hydroxyl groups is 1. The Balaban J connectivity index is 2.10. The van der Waals surface area contributed by atoms with Crippen molar-refractivity contribution < 1.29 is 27.5 Å². The summed E-state index contributed by atoms with van der Waals surface area (Å²) >= 11 is 0. The Morgan fingerprint density at radius 3 is 2.54 bits per heavy atom. The third-order valence-electron chi connectivity index (χ3n) is 3.33. The number of anilines is 1. The Morgan fingerprint density at radius 1 is 1.33 bits per heavy atom. The van der Waals surface area contributed by atoms with E-state index < -0.39 is 36.4 Å². The van der Waals surface area contributed by atoms with Crippen molar-refractivity contribution in [1.29, 1.82) is 0 Å². The molecule has 24 heavy (non-hydrogen) atoms. The Labute approximate surface area is 134 Å². The number of carbonyl (C=O) groups excluding carboxylic acids is 1. The molecular formula is C14H15F3N4O3. The highest BCUT2D eigenvalue weighted by Crippen LogP contribution is 2.42. The smallest absolute Gasteiger partial charge is 0.424 e. The monoisotopic (exact) mass is 344 g/mol. The van der Waals surface area contributed by atoms with Crippen LogP contribution in [0.3, 0.4) is 0 Å². The van der Waals surface area contributed by atoms with Crippen LogP contribution < -0.4 is 11.1 Å². The molecule has 0 aliphatic heterocycles. The van der Waals surface area contributed by atoms with Gasteiger partial charge in [-0.3, -0.25) is 4.79 Å². The quantitative estimate of drug-likeness (QED) is 0.758. The van der Waals surface area contributed by atoms with Crippen LogP contribution in [-0.2, 0) is 5.60 Å². The summed E-state index contributed by atoms with van der Waals surface area (Å²) in [6.07, 6.45) is -3.32.